The van der Waals surface area contributed by atoms with Crippen LogP contribution in [0.2, 0.25) is 0 Å². The summed E-state index contributed by atoms with van der Waals surface area (Å²) in [6, 6.07) is 1.35. The topological polar surface area (TPSA) is 101 Å². The number of amides is 1. The van der Waals surface area contributed by atoms with Crippen molar-refractivity contribution < 1.29 is 4.79 Å². The van der Waals surface area contributed by atoms with Crippen molar-refractivity contribution >= 4 is 11.7 Å². The molecule has 0 fully saturated rings. The van der Waals surface area contributed by atoms with Crippen molar-refractivity contribution in [1.82, 2.24) is 9.97 Å². The zero-order chi connectivity index (χ0) is 10.4. The van der Waals surface area contributed by atoms with E-state index in [1.54, 1.807) is 0 Å². The van der Waals surface area contributed by atoms with Gasteiger partial charge in [-0.3, -0.25) is 9.59 Å². The largest absolute Gasteiger partial charge is 0.370 e. The summed E-state index contributed by atoms with van der Waals surface area (Å²) in [6.07, 6.45) is 2.28. The van der Waals surface area contributed by atoms with E-state index >= 15 is 0 Å². The molecule has 0 atom stereocenters. The molecule has 0 radical (unpaired) electrons. The van der Waals surface area contributed by atoms with Gasteiger partial charge < -0.3 is 16.0 Å². The smallest absolute Gasteiger partial charge is 0.252 e. The molecule has 1 amide bonds. The molecule has 1 rings (SSSR count). The number of hydrogen-bond donors (Lipinski definition) is 3. The molecule has 0 unspecified atom stereocenters. The van der Waals surface area contributed by atoms with Crippen LogP contribution in [0.5, 0.6) is 0 Å². The Morgan fingerprint density at radius 3 is 3.07 bits per heavy atom. The van der Waals surface area contributed by atoms with E-state index in [1.165, 1.54) is 12.4 Å². The fourth-order valence-corrected chi connectivity index (χ4v) is 0.944. The molecule has 0 aliphatic rings. The number of rotatable bonds is 5. The lowest BCUT2D eigenvalue weighted by Gasteiger charge is -2.02. The number of nitrogens with two attached hydrogens (primary N) is 1. The molecule has 14 heavy (non-hydrogen) atoms. The number of nitrogens with one attached hydrogen (secondary N) is 2. The van der Waals surface area contributed by atoms with Crippen LogP contribution in [0.4, 0.5) is 5.82 Å². The van der Waals surface area contributed by atoms with Crippen LogP contribution in [0.15, 0.2) is 17.2 Å². The Morgan fingerprint density at radius 1 is 1.64 bits per heavy atom. The monoisotopic (exact) mass is 196 g/mol. The van der Waals surface area contributed by atoms with Crippen LogP contribution in [0.3, 0.4) is 0 Å². The third-order valence-electron chi connectivity index (χ3n) is 1.58. The molecular formula is C8H12N4O2. The number of aromatic amines is 1. The number of aromatic nitrogens is 2. The maximum atomic E-state index is 10.8. The zero-order valence-corrected chi connectivity index (χ0v) is 7.62. The molecule has 0 aliphatic carbocycles. The second-order valence-electron chi connectivity index (χ2n) is 2.79. The molecule has 0 aliphatic heterocycles. The van der Waals surface area contributed by atoms with Crippen molar-refractivity contribution in [2.75, 3.05) is 11.9 Å². The van der Waals surface area contributed by atoms with Crippen LogP contribution in [-0.2, 0) is 4.79 Å². The summed E-state index contributed by atoms with van der Waals surface area (Å²) in [7, 11) is 0. The fraction of sp³-hybridized carbons (Fsp3) is 0.375. The van der Waals surface area contributed by atoms with E-state index in [0.29, 0.717) is 25.2 Å². The van der Waals surface area contributed by atoms with Crippen molar-refractivity contribution in [3.63, 3.8) is 0 Å². The summed E-state index contributed by atoms with van der Waals surface area (Å²) in [5.74, 6) is 0.170. The van der Waals surface area contributed by atoms with Crippen LogP contribution in [0.25, 0.3) is 0 Å². The first-order valence-corrected chi connectivity index (χ1v) is 4.25. The summed E-state index contributed by atoms with van der Waals surface area (Å²) in [5.41, 5.74) is 4.75. The van der Waals surface area contributed by atoms with E-state index in [1.807, 2.05) is 0 Å². The Balaban J connectivity index is 2.31. The molecule has 6 heteroatoms. The van der Waals surface area contributed by atoms with Gasteiger partial charge in [-0.2, -0.15) is 0 Å². The highest BCUT2D eigenvalue weighted by Crippen LogP contribution is 1.96. The number of carbonyl (C=O) groups is 1. The van der Waals surface area contributed by atoms with Gasteiger partial charge in [0.05, 0.1) is 6.33 Å². The zero-order valence-electron chi connectivity index (χ0n) is 7.62. The average Bonchev–Trinajstić information content (AvgIpc) is 2.12. The molecule has 1 heterocycles. The second kappa shape index (κ2) is 5.00. The molecule has 0 saturated carbocycles. The van der Waals surface area contributed by atoms with Crippen LogP contribution >= 0.6 is 0 Å². The van der Waals surface area contributed by atoms with Crippen molar-refractivity contribution in [3.05, 3.63) is 22.7 Å². The van der Waals surface area contributed by atoms with Crippen molar-refractivity contribution in [2.45, 2.75) is 12.8 Å². The highest BCUT2D eigenvalue weighted by molar-refractivity contribution is 5.73. The molecular weight excluding hydrogens is 184 g/mol. The Morgan fingerprint density at radius 2 is 2.43 bits per heavy atom. The average molecular weight is 196 g/mol. The third-order valence-corrected chi connectivity index (χ3v) is 1.58. The van der Waals surface area contributed by atoms with Crippen molar-refractivity contribution in [1.29, 1.82) is 0 Å². The van der Waals surface area contributed by atoms with Gasteiger partial charge in [0.1, 0.15) is 5.82 Å². The van der Waals surface area contributed by atoms with Gasteiger partial charge in [-0.25, -0.2) is 4.98 Å². The van der Waals surface area contributed by atoms with Crippen LogP contribution in [0.1, 0.15) is 12.8 Å². The molecule has 0 spiro atoms. The fourth-order valence-electron chi connectivity index (χ4n) is 0.944. The lowest BCUT2D eigenvalue weighted by Crippen LogP contribution is -2.14. The van der Waals surface area contributed by atoms with Gasteiger partial charge in [-0.15, -0.1) is 0 Å². The molecule has 1 aromatic rings. The normalized spacial score (nSPS) is 9.71. The number of hydrogen-bond acceptors (Lipinski definition) is 4. The predicted molar refractivity (Wildman–Crippen MR) is 51.8 cm³/mol. The third kappa shape index (κ3) is 3.70. The maximum absolute atomic E-state index is 10.8. The number of primary amides is 1. The van der Waals surface area contributed by atoms with E-state index in [2.05, 4.69) is 15.3 Å². The number of H-pyrrole nitrogens is 1. The number of carbonyl (C=O) groups excluding carboxylic acids is 1. The van der Waals surface area contributed by atoms with Gasteiger partial charge in [0, 0.05) is 19.0 Å². The SMILES string of the molecule is NC(=O)CCCNc1cc(=O)[nH]cn1. The van der Waals surface area contributed by atoms with Crippen LogP contribution in [-0.4, -0.2) is 22.4 Å². The van der Waals surface area contributed by atoms with Gasteiger partial charge in [0.25, 0.3) is 5.56 Å². The molecule has 76 valence electrons. The van der Waals surface area contributed by atoms with Crippen LogP contribution < -0.4 is 16.6 Å². The Labute approximate surface area is 80.5 Å². The van der Waals surface area contributed by atoms with Crippen molar-refractivity contribution in [3.8, 4) is 0 Å². The minimum Gasteiger partial charge on any atom is -0.370 e. The minimum atomic E-state index is -0.328. The molecule has 0 saturated heterocycles. The molecule has 6 nitrogen and oxygen atoms in total. The lowest BCUT2D eigenvalue weighted by molar-refractivity contribution is -0.118. The minimum absolute atomic E-state index is 0.211. The van der Waals surface area contributed by atoms with Gasteiger partial charge in [-0.05, 0) is 6.42 Å². The second-order valence-corrected chi connectivity index (χ2v) is 2.79. The van der Waals surface area contributed by atoms with Gasteiger partial charge in [0.2, 0.25) is 5.91 Å². The summed E-state index contributed by atoms with van der Waals surface area (Å²) in [6.45, 7) is 0.569. The van der Waals surface area contributed by atoms with Crippen LogP contribution in [0, 0.1) is 0 Å². The highest BCUT2D eigenvalue weighted by atomic mass is 16.1. The van der Waals surface area contributed by atoms with Gasteiger partial charge >= 0.3 is 0 Å². The molecule has 4 N–H and O–H groups in total. The van der Waals surface area contributed by atoms with E-state index in [0.717, 1.165) is 0 Å². The summed E-state index contributed by atoms with van der Waals surface area (Å²) < 4.78 is 0. The first kappa shape index (κ1) is 10.2. The van der Waals surface area contributed by atoms with E-state index in [9.17, 15) is 9.59 Å². The number of anilines is 1. The predicted octanol–water partition coefficient (Wildman–Crippen LogP) is -0.553. The highest BCUT2D eigenvalue weighted by Gasteiger charge is 1.95. The standard InChI is InChI=1S/C8H12N4O2/c9-6(13)2-1-3-10-7-4-8(14)12-5-11-7/h4-5H,1-3H2,(H2,9,13)(H2,10,11,12,14). The Hall–Kier alpha value is -1.85. The summed E-state index contributed by atoms with van der Waals surface area (Å²) >= 11 is 0. The lowest BCUT2D eigenvalue weighted by atomic mass is 10.3. The summed E-state index contributed by atoms with van der Waals surface area (Å²) in [5, 5.41) is 2.90. The van der Waals surface area contributed by atoms with Gasteiger partial charge in [-0.1, -0.05) is 0 Å². The number of nitrogens with zero attached hydrogens (tertiary/aromatic N) is 1. The van der Waals surface area contributed by atoms with Gasteiger partial charge in [0.15, 0.2) is 0 Å². The quantitative estimate of drug-likeness (QED) is 0.550. The molecule has 0 aromatic carbocycles. The maximum Gasteiger partial charge on any atom is 0.252 e. The first-order valence-electron chi connectivity index (χ1n) is 4.25. The molecule has 1 aromatic heterocycles. The Bertz CT molecular complexity index is 360. The van der Waals surface area contributed by atoms with E-state index < -0.39 is 0 Å². The van der Waals surface area contributed by atoms with E-state index in [-0.39, 0.29) is 11.5 Å². The Kier molecular flexibility index (Phi) is 3.66. The first-order chi connectivity index (χ1) is 6.68. The van der Waals surface area contributed by atoms with E-state index in [4.69, 9.17) is 5.73 Å². The summed E-state index contributed by atoms with van der Waals surface area (Å²) in [4.78, 5) is 27.5. The van der Waals surface area contributed by atoms with Crippen molar-refractivity contribution in [2.24, 2.45) is 5.73 Å². The molecule has 0 bridgehead atoms.